The van der Waals surface area contributed by atoms with E-state index in [4.69, 9.17) is 9.47 Å². The summed E-state index contributed by atoms with van der Waals surface area (Å²) in [5.41, 5.74) is 0. The smallest absolute Gasteiger partial charge is 0.247 e. The Kier molecular flexibility index (Phi) is 6.54. The molecule has 0 amide bonds. The van der Waals surface area contributed by atoms with Crippen molar-refractivity contribution in [2.24, 2.45) is 0 Å². The summed E-state index contributed by atoms with van der Waals surface area (Å²) in [5.74, 6) is 0.421. The van der Waals surface area contributed by atoms with E-state index in [0.717, 1.165) is 0 Å². The lowest BCUT2D eigenvalue weighted by atomic mass is 10.2. The lowest BCUT2D eigenvalue weighted by Crippen LogP contribution is -2.44. The van der Waals surface area contributed by atoms with Crippen LogP contribution in [0.2, 0.25) is 0 Å². The van der Waals surface area contributed by atoms with Crippen molar-refractivity contribution in [1.82, 2.24) is 9.21 Å². The minimum Gasteiger partial charge on any atom is -0.497 e. The zero-order valence-electron chi connectivity index (χ0n) is 15.5. The molecule has 0 spiro atoms. The SMILES string of the molecule is COc1ccc(OC)c(S(=O)(=O)N(CCN(C)C)[C@@H]2CCS(=O)(=O)C2)c1. The van der Waals surface area contributed by atoms with Gasteiger partial charge in [-0.1, -0.05) is 0 Å². The lowest BCUT2D eigenvalue weighted by Gasteiger charge is -2.29. The highest BCUT2D eigenvalue weighted by Gasteiger charge is 2.39. The minimum absolute atomic E-state index is 0.000890. The summed E-state index contributed by atoms with van der Waals surface area (Å²) in [6, 6.07) is 3.96. The molecule has 2 rings (SSSR count). The van der Waals surface area contributed by atoms with E-state index in [2.05, 4.69) is 0 Å². The maximum absolute atomic E-state index is 13.4. The molecular formula is C16H26N2O6S2. The van der Waals surface area contributed by atoms with E-state index in [1.54, 1.807) is 6.07 Å². The van der Waals surface area contributed by atoms with E-state index in [1.165, 1.54) is 30.7 Å². The van der Waals surface area contributed by atoms with Gasteiger partial charge in [0.15, 0.2) is 9.84 Å². The maximum atomic E-state index is 13.4. The summed E-state index contributed by atoms with van der Waals surface area (Å²) in [4.78, 5) is 1.83. The first-order valence-electron chi connectivity index (χ1n) is 8.20. The number of likely N-dealkylation sites (N-methyl/N-ethyl adjacent to an activating group) is 1. The summed E-state index contributed by atoms with van der Waals surface area (Å²) in [5, 5.41) is 0. The number of nitrogens with zero attached hydrogens (tertiary/aromatic N) is 2. The third kappa shape index (κ3) is 4.67. The van der Waals surface area contributed by atoms with Crippen molar-refractivity contribution in [3.8, 4) is 11.5 Å². The van der Waals surface area contributed by atoms with Crippen LogP contribution in [0.5, 0.6) is 11.5 Å². The topological polar surface area (TPSA) is 93.2 Å². The number of rotatable bonds is 8. The zero-order valence-corrected chi connectivity index (χ0v) is 17.1. The Morgan fingerprint density at radius 3 is 2.35 bits per heavy atom. The summed E-state index contributed by atoms with van der Waals surface area (Å²) in [6.45, 7) is 0.665. The van der Waals surface area contributed by atoms with Crippen LogP contribution in [0.3, 0.4) is 0 Å². The number of benzene rings is 1. The van der Waals surface area contributed by atoms with Crippen LogP contribution < -0.4 is 9.47 Å². The molecule has 1 atom stereocenters. The highest BCUT2D eigenvalue weighted by Crippen LogP contribution is 2.33. The second-order valence-corrected chi connectivity index (χ2v) is 10.6. The average molecular weight is 407 g/mol. The highest BCUT2D eigenvalue weighted by molar-refractivity contribution is 7.92. The maximum Gasteiger partial charge on any atom is 0.247 e. The van der Waals surface area contributed by atoms with Crippen molar-refractivity contribution < 1.29 is 26.3 Å². The van der Waals surface area contributed by atoms with Crippen LogP contribution in [-0.4, -0.2) is 85.0 Å². The number of hydrogen-bond donors (Lipinski definition) is 0. The molecule has 1 aromatic carbocycles. The number of hydrogen-bond acceptors (Lipinski definition) is 7. The van der Waals surface area contributed by atoms with Gasteiger partial charge in [-0.2, -0.15) is 4.31 Å². The second-order valence-electron chi connectivity index (χ2n) is 6.49. The molecular weight excluding hydrogens is 380 g/mol. The van der Waals surface area contributed by atoms with Crippen LogP contribution in [0.4, 0.5) is 0 Å². The van der Waals surface area contributed by atoms with Crippen LogP contribution in [0.1, 0.15) is 6.42 Å². The van der Waals surface area contributed by atoms with E-state index < -0.39 is 25.9 Å². The van der Waals surface area contributed by atoms with Gasteiger partial charge >= 0.3 is 0 Å². The van der Waals surface area contributed by atoms with Crippen LogP contribution in [0, 0.1) is 0 Å². The molecule has 8 nitrogen and oxygen atoms in total. The summed E-state index contributed by atoms with van der Waals surface area (Å²) < 4.78 is 62.2. The first-order chi connectivity index (χ1) is 12.1. The fraction of sp³-hybridized carbons (Fsp3) is 0.625. The molecule has 0 bridgehead atoms. The van der Waals surface area contributed by atoms with Crippen molar-refractivity contribution >= 4 is 19.9 Å². The van der Waals surface area contributed by atoms with Crippen molar-refractivity contribution in [3.05, 3.63) is 18.2 Å². The largest absolute Gasteiger partial charge is 0.497 e. The zero-order chi connectivity index (χ0) is 19.5. The molecule has 1 saturated heterocycles. The van der Waals surface area contributed by atoms with Crippen LogP contribution in [0.15, 0.2) is 23.1 Å². The first kappa shape index (κ1) is 20.9. The van der Waals surface area contributed by atoms with Crippen molar-refractivity contribution in [1.29, 1.82) is 0 Å². The minimum atomic E-state index is -3.97. The second kappa shape index (κ2) is 8.12. The molecule has 0 aliphatic carbocycles. The third-order valence-corrected chi connectivity index (χ3v) is 8.06. The van der Waals surface area contributed by atoms with Crippen molar-refractivity contribution in [3.63, 3.8) is 0 Å². The molecule has 10 heteroatoms. The van der Waals surface area contributed by atoms with Crippen LogP contribution in [0.25, 0.3) is 0 Å². The van der Waals surface area contributed by atoms with Gasteiger partial charge in [-0.3, -0.25) is 0 Å². The molecule has 1 heterocycles. The third-order valence-electron chi connectivity index (χ3n) is 4.34. The predicted molar refractivity (Wildman–Crippen MR) is 99.1 cm³/mol. The average Bonchev–Trinajstić information content (AvgIpc) is 2.93. The van der Waals surface area contributed by atoms with Gasteiger partial charge in [0, 0.05) is 25.2 Å². The molecule has 0 saturated carbocycles. The van der Waals surface area contributed by atoms with Gasteiger partial charge in [0.05, 0.1) is 25.7 Å². The molecule has 1 aliphatic heterocycles. The van der Waals surface area contributed by atoms with Crippen LogP contribution >= 0.6 is 0 Å². The molecule has 1 fully saturated rings. The predicted octanol–water partition coefficient (Wildman–Crippen LogP) is 0.443. The van der Waals surface area contributed by atoms with Gasteiger partial charge in [0.25, 0.3) is 0 Å². The Balaban J connectivity index is 2.48. The quantitative estimate of drug-likeness (QED) is 0.618. The standard InChI is InChI=1S/C16H26N2O6S2/c1-17(2)8-9-18(13-7-10-25(19,20)12-13)26(21,22)16-11-14(23-3)5-6-15(16)24-4/h5-6,11,13H,7-10,12H2,1-4H3/t13-/m1/s1. The van der Waals surface area contributed by atoms with Crippen molar-refractivity contribution in [2.75, 3.05) is 52.9 Å². The van der Waals surface area contributed by atoms with Crippen molar-refractivity contribution in [2.45, 2.75) is 17.4 Å². The molecule has 0 unspecified atom stereocenters. The monoisotopic (exact) mass is 406 g/mol. The van der Waals surface area contributed by atoms with Gasteiger partial charge in [-0.05, 0) is 32.6 Å². The molecule has 0 aromatic heterocycles. The number of ether oxygens (including phenoxy) is 2. The Labute approximate surface area is 155 Å². The Bertz CT molecular complexity index is 836. The molecule has 0 N–H and O–H groups in total. The highest BCUT2D eigenvalue weighted by atomic mass is 32.2. The lowest BCUT2D eigenvalue weighted by molar-refractivity contribution is 0.292. The van der Waals surface area contributed by atoms with Gasteiger partial charge < -0.3 is 14.4 Å². The number of sulfone groups is 1. The number of sulfonamides is 1. The van der Waals surface area contributed by atoms with E-state index in [0.29, 0.717) is 18.7 Å². The van der Waals surface area contributed by atoms with E-state index in [1.807, 2.05) is 19.0 Å². The molecule has 1 aromatic rings. The van der Waals surface area contributed by atoms with Gasteiger partial charge in [0.1, 0.15) is 16.4 Å². The molecule has 148 valence electrons. The fourth-order valence-electron chi connectivity index (χ4n) is 2.91. The summed E-state index contributed by atoms with van der Waals surface area (Å²) >= 11 is 0. The molecule has 0 radical (unpaired) electrons. The Hall–Kier alpha value is -1.36. The molecule has 26 heavy (non-hydrogen) atoms. The molecule has 1 aliphatic rings. The Morgan fingerprint density at radius 2 is 1.85 bits per heavy atom. The fourth-order valence-corrected chi connectivity index (χ4v) is 6.55. The van der Waals surface area contributed by atoms with E-state index >= 15 is 0 Å². The normalized spacial score (nSPS) is 19.8. The Morgan fingerprint density at radius 1 is 1.15 bits per heavy atom. The first-order valence-corrected chi connectivity index (χ1v) is 11.5. The van der Waals surface area contributed by atoms with E-state index in [9.17, 15) is 16.8 Å². The van der Waals surface area contributed by atoms with Gasteiger partial charge in [-0.15, -0.1) is 0 Å². The van der Waals surface area contributed by atoms with Gasteiger partial charge in [-0.25, -0.2) is 16.8 Å². The summed E-state index contributed by atoms with van der Waals surface area (Å²) in [7, 11) is -0.679. The summed E-state index contributed by atoms with van der Waals surface area (Å²) in [6.07, 6.45) is 0.293. The number of methoxy groups -OCH3 is 2. The van der Waals surface area contributed by atoms with E-state index in [-0.39, 0.29) is 28.7 Å². The van der Waals surface area contributed by atoms with Gasteiger partial charge in [0.2, 0.25) is 10.0 Å². The van der Waals surface area contributed by atoms with Crippen LogP contribution in [-0.2, 0) is 19.9 Å².